The van der Waals surface area contributed by atoms with E-state index in [4.69, 9.17) is 19.2 Å². The summed E-state index contributed by atoms with van der Waals surface area (Å²) >= 11 is 0. The molecule has 0 bridgehead atoms. The van der Waals surface area contributed by atoms with Crippen molar-refractivity contribution in [1.82, 2.24) is 29.0 Å². The number of rotatable bonds is 20. The molecule has 1 N–H and O–H groups in total. The first-order valence-electron chi connectivity index (χ1n) is 16.1. The Labute approximate surface area is 291 Å². The predicted octanol–water partition coefficient (Wildman–Crippen LogP) is 0.716. The van der Waals surface area contributed by atoms with Gasteiger partial charge < -0.3 is 28.9 Å². The Bertz CT molecular complexity index is 1860. The van der Waals surface area contributed by atoms with Gasteiger partial charge in [0, 0.05) is 39.8 Å². The largest absolute Gasteiger partial charge is 0.493 e. The van der Waals surface area contributed by atoms with E-state index >= 15 is 0 Å². The highest BCUT2D eigenvalue weighted by Crippen LogP contribution is 2.32. The predicted molar refractivity (Wildman–Crippen MR) is 176 cm³/mol. The van der Waals surface area contributed by atoms with Crippen molar-refractivity contribution in [3.8, 4) is 17.1 Å². The molecule has 1 aliphatic heterocycles. The minimum atomic E-state index is -3.95. The summed E-state index contributed by atoms with van der Waals surface area (Å²) in [6.07, 6.45) is -0.132. The van der Waals surface area contributed by atoms with Crippen LogP contribution >= 0.6 is 0 Å². The third kappa shape index (κ3) is 10.3. The number of aryl methyl sites for hydroxylation is 2. The van der Waals surface area contributed by atoms with Crippen molar-refractivity contribution in [2.45, 2.75) is 44.1 Å². The summed E-state index contributed by atoms with van der Waals surface area (Å²) < 4.78 is 46.5. The number of aromatic nitrogens is 4. The lowest BCUT2D eigenvalue weighted by Crippen LogP contribution is -2.49. The standard InChI is InChI=1S/C29H40N8O13S/c1-4-6-23-26-27(33(3)32-23)29(39)31-28(30-26)22-17-21(7-8-24(22)47-5-2)51(44,45)35-12-10-34(11-13-35)14-16-48-25(38)9-15-46-18-20(50-37(42)43)19-49-36(40)41/h7-8,17,20H,4-6,9-16,18-19H2,1-3H3,(H,30,31,39)/t20-/m0/s1. The number of aromatic amines is 1. The lowest BCUT2D eigenvalue weighted by Gasteiger charge is -2.33. The second kappa shape index (κ2) is 17.8. The van der Waals surface area contributed by atoms with E-state index in [-0.39, 0.29) is 43.4 Å². The number of benzene rings is 1. The molecule has 2 aromatic heterocycles. The van der Waals surface area contributed by atoms with Gasteiger partial charge >= 0.3 is 5.97 Å². The van der Waals surface area contributed by atoms with Crippen molar-refractivity contribution < 1.29 is 47.3 Å². The number of hydrogen-bond acceptors (Lipinski definition) is 16. The van der Waals surface area contributed by atoms with Crippen molar-refractivity contribution in [3.05, 3.63) is 54.5 Å². The fourth-order valence-electron chi connectivity index (χ4n) is 5.36. The summed E-state index contributed by atoms with van der Waals surface area (Å²) in [5.74, 6) is -0.0725. The minimum absolute atomic E-state index is 0.00911. The summed E-state index contributed by atoms with van der Waals surface area (Å²) in [6.45, 7) is 4.25. The number of piperazine rings is 1. The molecule has 21 nitrogen and oxygen atoms in total. The van der Waals surface area contributed by atoms with Crippen LogP contribution in [0.4, 0.5) is 0 Å². The molecule has 280 valence electrons. The SMILES string of the molecule is CCCc1nn(C)c2c(=O)[nH]c(-c3cc(S(=O)(=O)N4CCN(CCOC(=O)CCOC[C@@H](CO[N+](=O)[O-])O[N+](=O)[O-])CC4)ccc3OCC)nc12. The maximum Gasteiger partial charge on any atom is 0.308 e. The number of esters is 1. The molecule has 0 amide bonds. The van der Waals surface area contributed by atoms with Gasteiger partial charge in [-0.15, -0.1) is 20.2 Å². The molecule has 0 unspecified atom stereocenters. The minimum Gasteiger partial charge on any atom is -0.493 e. The number of carbonyl (C=O) groups is 1. The molecule has 1 fully saturated rings. The molecule has 51 heavy (non-hydrogen) atoms. The summed E-state index contributed by atoms with van der Waals surface area (Å²) in [7, 11) is -2.28. The van der Waals surface area contributed by atoms with Crippen LogP contribution in [0, 0.1) is 20.2 Å². The van der Waals surface area contributed by atoms with Crippen LogP contribution in [-0.4, -0.2) is 125 Å². The zero-order chi connectivity index (χ0) is 37.1. The third-order valence-corrected chi connectivity index (χ3v) is 9.64. The molecule has 0 spiro atoms. The summed E-state index contributed by atoms with van der Waals surface area (Å²) in [5, 5.41) is 23.0. The molecule has 1 aliphatic rings. The highest BCUT2D eigenvalue weighted by atomic mass is 32.2. The van der Waals surface area contributed by atoms with Crippen molar-refractivity contribution in [2.24, 2.45) is 7.05 Å². The van der Waals surface area contributed by atoms with Crippen LogP contribution in [0.15, 0.2) is 27.9 Å². The van der Waals surface area contributed by atoms with Crippen molar-refractivity contribution in [3.63, 3.8) is 0 Å². The Kier molecular flexibility index (Phi) is 13.6. The van der Waals surface area contributed by atoms with E-state index in [2.05, 4.69) is 19.8 Å². The van der Waals surface area contributed by atoms with Crippen LogP contribution < -0.4 is 10.3 Å². The number of nitrogens with zero attached hydrogens (tertiary/aromatic N) is 7. The van der Waals surface area contributed by atoms with E-state index in [0.717, 1.165) is 6.42 Å². The van der Waals surface area contributed by atoms with Gasteiger partial charge in [0.2, 0.25) is 10.0 Å². The van der Waals surface area contributed by atoms with Gasteiger partial charge in [-0.2, -0.15) is 9.40 Å². The first kappa shape index (κ1) is 38.9. The molecule has 0 radical (unpaired) electrons. The number of carbonyl (C=O) groups excluding carboxylic acids is 1. The summed E-state index contributed by atoms with van der Waals surface area (Å²) in [6, 6.07) is 4.45. The van der Waals surface area contributed by atoms with E-state index < -0.39 is 51.0 Å². The van der Waals surface area contributed by atoms with E-state index in [1.807, 2.05) is 11.8 Å². The second-order valence-corrected chi connectivity index (χ2v) is 13.2. The number of fused-ring (bicyclic) bond motifs is 1. The molecule has 0 saturated carbocycles. The Morgan fingerprint density at radius 2 is 1.82 bits per heavy atom. The maximum atomic E-state index is 13.8. The number of H-pyrrole nitrogens is 1. The van der Waals surface area contributed by atoms with Gasteiger partial charge in [0.05, 0.1) is 42.4 Å². The average Bonchev–Trinajstić information content (AvgIpc) is 3.40. The maximum absolute atomic E-state index is 13.8. The molecular weight excluding hydrogens is 700 g/mol. The van der Waals surface area contributed by atoms with Crippen molar-refractivity contribution in [2.75, 3.05) is 65.8 Å². The van der Waals surface area contributed by atoms with Crippen molar-refractivity contribution in [1.29, 1.82) is 0 Å². The Morgan fingerprint density at radius 1 is 1.08 bits per heavy atom. The highest BCUT2D eigenvalue weighted by Gasteiger charge is 2.30. The fraction of sp³-hybridized carbons (Fsp3) is 0.586. The first-order valence-corrected chi connectivity index (χ1v) is 17.5. The average molecular weight is 741 g/mol. The van der Waals surface area contributed by atoms with Gasteiger partial charge in [-0.1, -0.05) is 13.3 Å². The summed E-state index contributed by atoms with van der Waals surface area (Å²) in [5.41, 5.74) is 1.35. The van der Waals surface area contributed by atoms with Gasteiger partial charge in [-0.05, 0) is 31.5 Å². The smallest absolute Gasteiger partial charge is 0.308 e. The molecule has 0 aliphatic carbocycles. The molecule has 3 aromatic rings. The number of sulfonamides is 1. The lowest BCUT2D eigenvalue weighted by molar-refractivity contribution is -0.790. The quantitative estimate of drug-likeness (QED) is 0.0724. The van der Waals surface area contributed by atoms with Crippen LogP contribution in [0.2, 0.25) is 0 Å². The van der Waals surface area contributed by atoms with Crippen LogP contribution in [0.25, 0.3) is 22.4 Å². The molecule has 3 heterocycles. The molecular formula is C29H40N8O13S. The molecule has 4 rings (SSSR count). The van der Waals surface area contributed by atoms with Gasteiger partial charge in [0.25, 0.3) is 15.7 Å². The normalized spacial score (nSPS) is 14.6. The number of ether oxygens (including phenoxy) is 3. The Balaban J connectivity index is 1.32. The van der Waals surface area contributed by atoms with Gasteiger partial charge in [0.15, 0.2) is 11.6 Å². The monoisotopic (exact) mass is 740 g/mol. The molecule has 1 saturated heterocycles. The lowest BCUT2D eigenvalue weighted by atomic mass is 10.1. The highest BCUT2D eigenvalue weighted by molar-refractivity contribution is 7.89. The third-order valence-electron chi connectivity index (χ3n) is 7.75. The van der Waals surface area contributed by atoms with Crippen LogP contribution in [0.5, 0.6) is 5.75 Å². The van der Waals surface area contributed by atoms with E-state index in [9.17, 15) is 38.2 Å². The van der Waals surface area contributed by atoms with Crippen molar-refractivity contribution >= 4 is 27.0 Å². The summed E-state index contributed by atoms with van der Waals surface area (Å²) in [4.78, 5) is 63.7. The van der Waals surface area contributed by atoms with Crippen LogP contribution in [0.1, 0.15) is 32.4 Å². The van der Waals surface area contributed by atoms with Gasteiger partial charge in [-0.25, -0.2) is 13.4 Å². The second-order valence-electron chi connectivity index (χ2n) is 11.3. The van der Waals surface area contributed by atoms with E-state index in [1.165, 1.54) is 21.1 Å². The van der Waals surface area contributed by atoms with Gasteiger partial charge in [0.1, 0.15) is 30.3 Å². The topological polar surface area (TPSA) is 254 Å². The van der Waals surface area contributed by atoms with E-state index in [1.54, 1.807) is 20.0 Å². The Morgan fingerprint density at radius 3 is 2.49 bits per heavy atom. The van der Waals surface area contributed by atoms with Crippen LogP contribution in [-0.2, 0) is 47.4 Å². The fourth-order valence-corrected chi connectivity index (χ4v) is 6.81. The van der Waals surface area contributed by atoms with Gasteiger partial charge in [-0.3, -0.25) is 19.2 Å². The zero-order valence-electron chi connectivity index (χ0n) is 28.3. The molecule has 22 heteroatoms. The number of nitrogens with one attached hydrogen (secondary N) is 1. The molecule has 1 atom stereocenters. The molecule has 1 aromatic carbocycles. The zero-order valence-corrected chi connectivity index (χ0v) is 29.2. The first-order chi connectivity index (χ1) is 24.3. The van der Waals surface area contributed by atoms with E-state index in [0.29, 0.717) is 60.7 Å². The Hall–Kier alpha value is -4.93. The number of hydrogen-bond donors (Lipinski definition) is 1. The van der Waals surface area contributed by atoms with Crippen LogP contribution in [0.3, 0.4) is 0 Å².